The van der Waals surface area contributed by atoms with E-state index in [9.17, 15) is 0 Å². The fraction of sp³-hybridized carbons (Fsp3) is 0.348. The Bertz CT molecular complexity index is 874. The molecular formula is C23H29N5. The SMILES string of the molecule is CN=C(NCc1cc2ccccc2[nH]1)NC1CCN(Cc2ccccc2)CC1. The number of H-pyrrole nitrogens is 1. The number of benzene rings is 2. The van der Waals surface area contributed by atoms with Crippen molar-refractivity contribution in [3.05, 3.63) is 71.9 Å². The van der Waals surface area contributed by atoms with Gasteiger partial charge < -0.3 is 15.6 Å². The second-order valence-electron chi connectivity index (χ2n) is 7.49. The van der Waals surface area contributed by atoms with Crippen molar-refractivity contribution in [2.24, 2.45) is 4.99 Å². The number of fused-ring (bicyclic) bond motifs is 1. The Morgan fingerprint density at radius 1 is 1.07 bits per heavy atom. The third kappa shape index (κ3) is 4.73. The molecule has 1 aliphatic rings. The highest BCUT2D eigenvalue weighted by molar-refractivity contribution is 5.81. The molecule has 2 aromatic carbocycles. The lowest BCUT2D eigenvalue weighted by atomic mass is 10.0. The zero-order valence-corrected chi connectivity index (χ0v) is 16.5. The first-order valence-electron chi connectivity index (χ1n) is 10.1. The van der Waals surface area contributed by atoms with Crippen molar-refractivity contribution < 1.29 is 0 Å². The van der Waals surface area contributed by atoms with Gasteiger partial charge in [-0.2, -0.15) is 0 Å². The second kappa shape index (κ2) is 8.93. The van der Waals surface area contributed by atoms with Gasteiger partial charge in [0.1, 0.15) is 0 Å². The molecule has 0 amide bonds. The van der Waals surface area contributed by atoms with Gasteiger partial charge in [0.05, 0.1) is 6.54 Å². The minimum atomic E-state index is 0.473. The summed E-state index contributed by atoms with van der Waals surface area (Å²) in [5.41, 5.74) is 3.74. The molecule has 3 N–H and O–H groups in total. The fourth-order valence-corrected chi connectivity index (χ4v) is 3.87. The number of guanidine groups is 1. The smallest absolute Gasteiger partial charge is 0.191 e. The van der Waals surface area contributed by atoms with E-state index < -0.39 is 0 Å². The summed E-state index contributed by atoms with van der Waals surface area (Å²) >= 11 is 0. The Morgan fingerprint density at radius 3 is 2.57 bits per heavy atom. The van der Waals surface area contributed by atoms with Gasteiger partial charge in [0.25, 0.3) is 0 Å². The van der Waals surface area contributed by atoms with Crippen LogP contribution in [-0.4, -0.2) is 42.0 Å². The van der Waals surface area contributed by atoms with Gasteiger partial charge in [-0.05, 0) is 35.9 Å². The Hall–Kier alpha value is -2.79. The predicted octanol–water partition coefficient (Wildman–Crippen LogP) is 3.50. The molecule has 5 heteroatoms. The second-order valence-corrected chi connectivity index (χ2v) is 7.49. The van der Waals surface area contributed by atoms with E-state index in [1.54, 1.807) is 0 Å². The zero-order chi connectivity index (χ0) is 19.2. The molecule has 3 aromatic rings. The molecule has 2 heterocycles. The average molecular weight is 376 g/mol. The van der Waals surface area contributed by atoms with Crippen molar-refractivity contribution in [1.82, 2.24) is 20.5 Å². The molecule has 5 nitrogen and oxygen atoms in total. The van der Waals surface area contributed by atoms with E-state index in [2.05, 4.69) is 86.2 Å². The van der Waals surface area contributed by atoms with Crippen LogP contribution < -0.4 is 10.6 Å². The lowest BCUT2D eigenvalue weighted by molar-refractivity contribution is 0.198. The highest BCUT2D eigenvalue weighted by Gasteiger charge is 2.20. The monoisotopic (exact) mass is 375 g/mol. The van der Waals surface area contributed by atoms with Crippen molar-refractivity contribution >= 4 is 16.9 Å². The lowest BCUT2D eigenvalue weighted by Crippen LogP contribution is -2.48. The standard InChI is InChI=1S/C23H29N5/c1-24-23(25-16-21-15-19-9-5-6-10-22(19)26-21)27-20-11-13-28(14-12-20)17-18-7-3-2-4-8-18/h2-10,15,20,26H,11-14,16-17H2,1H3,(H2,24,25,27). The number of aromatic nitrogens is 1. The number of nitrogens with one attached hydrogen (secondary N) is 3. The summed E-state index contributed by atoms with van der Waals surface area (Å²) in [6, 6.07) is 21.8. The molecule has 0 atom stereocenters. The summed E-state index contributed by atoms with van der Waals surface area (Å²) in [5.74, 6) is 0.875. The maximum atomic E-state index is 4.40. The summed E-state index contributed by atoms with van der Waals surface area (Å²) in [4.78, 5) is 10.4. The van der Waals surface area contributed by atoms with Crippen LogP contribution in [0.25, 0.3) is 10.9 Å². The van der Waals surface area contributed by atoms with Gasteiger partial charge in [-0.3, -0.25) is 9.89 Å². The minimum Gasteiger partial charge on any atom is -0.357 e. The number of aliphatic imine (C=N–C) groups is 1. The molecule has 1 aliphatic heterocycles. The lowest BCUT2D eigenvalue weighted by Gasteiger charge is -2.33. The van der Waals surface area contributed by atoms with Gasteiger partial charge >= 0.3 is 0 Å². The predicted molar refractivity (Wildman–Crippen MR) is 116 cm³/mol. The summed E-state index contributed by atoms with van der Waals surface area (Å²) in [5, 5.41) is 8.27. The Labute approximate surface area is 166 Å². The number of para-hydroxylation sites is 1. The molecule has 0 unspecified atom stereocenters. The third-order valence-electron chi connectivity index (χ3n) is 5.43. The van der Waals surface area contributed by atoms with E-state index in [4.69, 9.17) is 0 Å². The van der Waals surface area contributed by atoms with E-state index in [-0.39, 0.29) is 0 Å². The minimum absolute atomic E-state index is 0.473. The number of aromatic amines is 1. The molecule has 1 saturated heterocycles. The van der Waals surface area contributed by atoms with E-state index in [1.165, 1.54) is 22.2 Å². The summed E-state index contributed by atoms with van der Waals surface area (Å²) in [6.07, 6.45) is 2.28. The quantitative estimate of drug-likeness (QED) is 0.473. The van der Waals surface area contributed by atoms with Gasteiger partial charge in [0, 0.05) is 43.9 Å². The normalized spacial score (nSPS) is 16.4. The van der Waals surface area contributed by atoms with Crippen LogP contribution >= 0.6 is 0 Å². The number of hydrogen-bond donors (Lipinski definition) is 3. The molecule has 146 valence electrons. The fourth-order valence-electron chi connectivity index (χ4n) is 3.87. The maximum Gasteiger partial charge on any atom is 0.191 e. The first-order valence-corrected chi connectivity index (χ1v) is 10.1. The summed E-state index contributed by atoms with van der Waals surface area (Å²) < 4.78 is 0. The van der Waals surface area contributed by atoms with Gasteiger partial charge in [-0.1, -0.05) is 48.5 Å². The van der Waals surface area contributed by atoms with Crippen LogP contribution in [-0.2, 0) is 13.1 Å². The number of nitrogens with zero attached hydrogens (tertiary/aromatic N) is 2. The number of hydrogen-bond acceptors (Lipinski definition) is 2. The number of piperidine rings is 1. The van der Waals surface area contributed by atoms with Crippen LogP contribution in [0.4, 0.5) is 0 Å². The molecule has 1 aromatic heterocycles. The van der Waals surface area contributed by atoms with Gasteiger partial charge in [-0.15, -0.1) is 0 Å². The maximum absolute atomic E-state index is 4.40. The van der Waals surface area contributed by atoms with Crippen LogP contribution in [0.15, 0.2) is 65.7 Å². The van der Waals surface area contributed by atoms with Crippen LogP contribution in [0.2, 0.25) is 0 Å². The first-order chi connectivity index (χ1) is 13.8. The van der Waals surface area contributed by atoms with Crippen LogP contribution in [0.3, 0.4) is 0 Å². The van der Waals surface area contributed by atoms with E-state index in [0.29, 0.717) is 6.04 Å². The third-order valence-corrected chi connectivity index (χ3v) is 5.43. The van der Waals surface area contributed by atoms with Crippen LogP contribution in [0.5, 0.6) is 0 Å². The topological polar surface area (TPSA) is 55.5 Å². The molecular weight excluding hydrogens is 346 g/mol. The molecule has 0 bridgehead atoms. The van der Waals surface area contributed by atoms with Crippen LogP contribution in [0, 0.1) is 0 Å². The zero-order valence-electron chi connectivity index (χ0n) is 16.5. The Morgan fingerprint density at radius 2 is 1.82 bits per heavy atom. The average Bonchev–Trinajstić information content (AvgIpc) is 3.16. The number of likely N-dealkylation sites (tertiary alicyclic amines) is 1. The molecule has 0 radical (unpaired) electrons. The van der Waals surface area contributed by atoms with Gasteiger partial charge in [-0.25, -0.2) is 0 Å². The molecule has 28 heavy (non-hydrogen) atoms. The molecule has 4 rings (SSSR count). The molecule has 0 saturated carbocycles. The number of rotatable bonds is 5. The van der Waals surface area contributed by atoms with E-state index >= 15 is 0 Å². The highest BCUT2D eigenvalue weighted by atomic mass is 15.2. The highest BCUT2D eigenvalue weighted by Crippen LogP contribution is 2.15. The largest absolute Gasteiger partial charge is 0.357 e. The van der Waals surface area contributed by atoms with Crippen molar-refractivity contribution in [3.63, 3.8) is 0 Å². The van der Waals surface area contributed by atoms with Crippen molar-refractivity contribution in [1.29, 1.82) is 0 Å². The Balaban J connectivity index is 1.24. The Kier molecular flexibility index (Phi) is 5.92. The van der Waals surface area contributed by atoms with Crippen molar-refractivity contribution in [2.45, 2.75) is 32.0 Å². The van der Waals surface area contributed by atoms with Crippen molar-refractivity contribution in [3.8, 4) is 0 Å². The van der Waals surface area contributed by atoms with E-state index in [0.717, 1.165) is 45.0 Å². The van der Waals surface area contributed by atoms with E-state index in [1.807, 2.05) is 7.05 Å². The van der Waals surface area contributed by atoms with Gasteiger partial charge in [0.2, 0.25) is 0 Å². The summed E-state index contributed by atoms with van der Waals surface area (Å²) in [7, 11) is 1.84. The van der Waals surface area contributed by atoms with Crippen molar-refractivity contribution in [2.75, 3.05) is 20.1 Å². The summed E-state index contributed by atoms with van der Waals surface area (Å²) in [6.45, 7) is 4.01. The van der Waals surface area contributed by atoms with Crippen LogP contribution in [0.1, 0.15) is 24.1 Å². The molecule has 1 fully saturated rings. The first kappa shape index (κ1) is 18.6. The molecule has 0 spiro atoms. The molecule has 0 aliphatic carbocycles. The van der Waals surface area contributed by atoms with Gasteiger partial charge in [0.15, 0.2) is 5.96 Å².